The van der Waals surface area contributed by atoms with Crippen molar-refractivity contribution in [1.82, 2.24) is 0 Å². The van der Waals surface area contributed by atoms with Crippen molar-refractivity contribution >= 4 is 0 Å². The van der Waals surface area contributed by atoms with Gasteiger partial charge >= 0.3 is 0 Å². The number of aliphatic hydroxyl groups excluding tert-OH is 1. The number of ether oxygens (including phenoxy) is 1. The van der Waals surface area contributed by atoms with E-state index in [1.165, 1.54) is 0 Å². The van der Waals surface area contributed by atoms with E-state index in [0.29, 0.717) is 6.10 Å². The Morgan fingerprint density at radius 3 is 2.25 bits per heavy atom. The van der Waals surface area contributed by atoms with Crippen LogP contribution < -0.4 is 0 Å². The first kappa shape index (κ1) is 11.9. The molecule has 12 heavy (non-hydrogen) atoms. The van der Waals surface area contributed by atoms with E-state index in [2.05, 4.69) is 13.8 Å². The van der Waals surface area contributed by atoms with Crippen molar-refractivity contribution in [3.05, 3.63) is 0 Å². The molecule has 0 aliphatic carbocycles. The molecule has 0 aromatic carbocycles. The normalized spacial score (nSPS) is 13.8. The van der Waals surface area contributed by atoms with Crippen LogP contribution in [-0.2, 0) is 4.74 Å². The fraction of sp³-hybridized carbons (Fsp3) is 1.00. The summed E-state index contributed by atoms with van der Waals surface area (Å²) in [4.78, 5) is 0. The molecule has 74 valence electrons. The standard InChI is InChI=1S/C10H22O2/c1-4-10(5-2)12-8-6-7-9(3)11/h9-11H,4-8H2,1-3H3. The van der Waals surface area contributed by atoms with Crippen LogP contribution in [0, 0.1) is 0 Å². The molecule has 1 atom stereocenters. The van der Waals surface area contributed by atoms with E-state index in [1.54, 1.807) is 0 Å². The van der Waals surface area contributed by atoms with Crippen molar-refractivity contribution in [2.24, 2.45) is 0 Å². The van der Waals surface area contributed by atoms with Crippen molar-refractivity contribution in [1.29, 1.82) is 0 Å². The molecule has 1 N–H and O–H groups in total. The van der Waals surface area contributed by atoms with Crippen LogP contribution in [0.4, 0.5) is 0 Å². The van der Waals surface area contributed by atoms with Crippen LogP contribution in [0.25, 0.3) is 0 Å². The minimum absolute atomic E-state index is 0.185. The van der Waals surface area contributed by atoms with Crippen LogP contribution in [0.5, 0.6) is 0 Å². The smallest absolute Gasteiger partial charge is 0.0569 e. The maximum absolute atomic E-state index is 8.98. The minimum Gasteiger partial charge on any atom is -0.393 e. The third kappa shape index (κ3) is 6.62. The molecule has 0 saturated carbocycles. The second-order valence-corrected chi connectivity index (χ2v) is 3.30. The Balaban J connectivity index is 3.17. The summed E-state index contributed by atoms with van der Waals surface area (Å²) in [6, 6.07) is 0. The molecule has 0 aliphatic heterocycles. The number of aliphatic hydroxyl groups is 1. The maximum Gasteiger partial charge on any atom is 0.0569 e. The summed E-state index contributed by atoms with van der Waals surface area (Å²) in [5.41, 5.74) is 0. The molecule has 0 amide bonds. The van der Waals surface area contributed by atoms with Crippen LogP contribution in [0.1, 0.15) is 46.5 Å². The third-order valence-electron chi connectivity index (χ3n) is 2.03. The van der Waals surface area contributed by atoms with Crippen molar-refractivity contribution in [3.63, 3.8) is 0 Å². The molecular formula is C10H22O2. The van der Waals surface area contributed by atoms with Gasteiger partial charge in [0.05, 0.1) is 12.2 Å². The lowest BCUT2D eigenvalue weighted by atomic mass is 10.2. The summed E-state index contributed by atoms with van der Waals surface area (Å²) in [5, 5.41) is 8.98. The predicted molar refractivity (Wildman–Crippen MR) is 51.2 cm³/mol. The van der Waals surface area contributed by atoms with Gasteiger partial charge in [0.25, 0.3) is 0 Å². The van der Waals surface area contributed by atoms with Crippen molar-refractivity contribution in [3.8, 4) is 0 Å². The molecule has 0 spiro atoms. The number of hydrogen-bond acceptors (Lipinski definition) is 2. The zero-order chi connectivity index (χ0) is 9.40. The van der Waals surface area contributed by atoms with Crippen molar-refractivity contribution in [2.45, 2.75) is 58.7 Å². The molecule has 0 aliphatic rings. The predicted octanol–water partition coefficient (Wildman–Crippen LogP) is 2.35. The van der Waals surface area contributed by atoms with Gasteiger partial charge in [-0.15, -0.1) is 0 Å². The molecule has 0 fully saturated rings. The van der Waals surface area contributed by atoms with E-state index >= 15 is 0 Å². The van der Waals surface area contributed by atoms with Gasteiger partial charge in [-0.25, -0.2) is 0 Å². The van der Waals surface area contributed by atoms with Gasteiger partial charge in [0.1, 0.15) is 0 Å². The Bertz CT molecular complexity index is 87.8. The molecule has 0 heterocycles. The lowest BCUT2D eigenvalue weighted by Gasteiger charge is -2.13. The lowest BCUT2D eigenvalue weighted by Crippen LogP contribution is -2.12. The van der Waals surface area contributed by atoms with Gasteiger partial charge in [-0.2, -0.15) is 0 Å². The summed E-state index contributed by atoms with van der Waals surface area (Å²) >= 11 is 0. The molecule has 0 saturated heterocycles. The summed E-state index contributed by atoms with van der Waals surface area (Å²) in [7, 11) is 0. The van der Waals surface area contributed by atoms with Gasteiger partial charge in [0.15, 0.2) is 0 Å². The van der Waals surface area contributed by atoms with Crippen LogP contribution in [0.15, 0.2) is 0 Å². The molecule has 2 nitrogen and oxygen atoms in total. The highest BCUT2D eigenvalue weighted by molar-refractivity contribution is 4.52. The third-order valence-corrected chi connectivity index (χ3v) is 2.03. The second kappa shape index (κ2) is 7.56. The zero-order valence-electron chi connectivity index (χ0n) is 8.55. The molecule has 0 bridgehead atoms. The average molecular weight is 174 g/mol. The fourth-order valence-electron chi connectivity index (χ4n) is 1.15. The molecular weight excluding hydrogens is 152 g/mol. The molecule has 0 radical (unpaired) electrons. The fourth-order valence-corrected chi connectivity index (χ4v) is 1.15. The highest BCUT2D eigenvalue weighted by atomic mass is 16.5. The van der Waals surface area contributed by atoms with Gasteiger partial charge in [0.2, 0.25) is 0 Å². The van der Waals surface area contributed by atoms with Gasteiger partial charge < -0.3 is 9.84 Å². The second-order valence-electron chi connectivity index (χ2n) is 3.30. The van der Waals surface area contributed by atoms with E-state index in [9.17, 15) is 0 Å². The Morgan fingerprint density at radius 2 is 1.83 bits per heavy atom. The van der Waals surface area contributed by atoms with Crippen molar-refractivity contribution < 1.29 is 9.84 Å². The Labute approximate surface area is 75.9 Å². The first-order valence-electron chi connectivity index (χ1n) is 5.00. The average Bonchev–Trinajstić information content (AvgIpc) is 2.04. The first-order chi connectivity index (χ1) is 5.70. The van der Waals surface area contributed by atoms with Gasteiger partial charge in [-0.05, 0) is 32.6 Å². The first-order valence-corrected chi connectivity index (χ1v) is 5.00. The van der Waals surface area contributed by atoms with Crippen LogP contribution in [0.2, 0.25) is 0 Å². The summed E-state index contributed by atoms with van der Waals surface area (Å²) in [6.07, 6.45) is 4.22. The largest absolute Gasteiger partial charge is 0.393 e. The number of rotatable bonds is 7. The molecule has 0 rings (SSSR count). The quantitative estimate of drug-likeness (QED) is 0.600. The molecule has 0 aromatic heterocycles. The van der Waals surface area contributed by atoms with E-state index in [4.69, 9.17) is 9.84 Å². The number of hydrogen-bond donors (Lipinski definition) is 1. The van der Waals surface area contributed by atoms with E-state index in [1.807, 2.05) is 6.92 Å². The summed E-state index contributed by atoms with van der Waals surface area (Å²) in [5.74, 6) is 0. The Morgan fingerprint density at radius 1 is 1.25 bits per heavy atom. The highest BCUT2D eigenvalue weighted by Gasteiger charge is 2.02. The highest BCUT2D eigenvalue weighted by Crippen LogP contribution is 2.04. The van der Waals surface area contributed by atoms with Crippen molar-refractivity contribution in [2.75, 3.05) is 6.61 Å². The van der Waals surface area contributed by atoms with E-state index in [-0.39, 0.29) is 6.10 Å². The van der Waals surface area contributed by atoms with Gasteiger partial charge in [-0.3, -0.25) is 0 Å². The maximum atomic E-state index is 8.98. The lowest BCUT2D eigenvalue weighted by molar-refractivity contribution is 0.0400. The van der Waals surface area contributed by atoms with Crippen LogP contribution in [0.3, 0.4) is 0 Å². The Hall–Kier alpha value is -0.0800. The topological polar surface area (TPSA) is 29.5 Å². The van der Waals surface area contributed by atoms with E-state index < -0.39 is 0 Å². The zero-order valence-corrected chi connectivity index (χ0v) is 8.55. The monoisotopic (exact) mass is 174 g/mol. The van der Waals surface area contributed by atoms with Gasteiger partial charge in [-0.1, -0.05) is 13.8 Å². The molecule has 2 heteroatoms. The molecule has 1 unspecified atom stereocenters. The Kier molecular flexibility index (Phi) is 7.51. The van der Waals surface area contributed by atoms with Gasteiger partial charge in [0, 0.05) is 6.61 Å². The summed E-state index contributed by atoms with van der Waals surface area (Å²) in [6.45, 7) is 6.89. The van der Waals surface area contributed by atoms with E-state index in [0.717, 1.165) is 32.3 Å². The molecule has 0 aromatic rings. The minimum atomic E-state index is -0.185. The van der Waals surface area contributed by atoms with Crippen LogP contribution >= 0.6 is 0 Å². The summed E-state index contributed by atoms with van der Waals surface area (Å²) < 4.78 is 5.58. The van der Waals surface area contributed by atoms with Crippen LogP contribution in [-0.4, -0.2) is 23.9 Å². The SMILES string of the molecule is CCC(CC)OCCCC(C)O.